The van der Waals surface area contributed by atoms with Gasteiger partial charge in [-0.05, 0) is 61.7 Å². The lowest BCUT2D eigenvalue weighted by Crippen LogP contribution is -2.52. The van der Waals surface area contributed by atoms with Crippen molar-refractivity contribution in [2.24, 2.45) is 23.2 Å². The van der Waals surface area contributed by atoms with Gasteiger partial charge in [0.05, 0.1) is 0 Å². The number of hydrogen-bond acceptors (Lipinski definition) is 2. The van der Waals surface area contributed by atoms with Gasteiger partial charge in [0.25, 0.3) is 0 Å². The summed E-state index contributed by atoms with van der Waals surface area (Å²) in [5, 5.41) is 8.67. The first kappa shape index (κ1) is 13.4. The minimum absolute atomic E-state index is 0.295. The van der Waals surface area contributed by atoms with Gasteiger partial charge < -0.3 is 9.84 Å². The Bertz CT molecular complexity index is 235. The van der Waals surface area contributed by atoms with E-state index in [9.17, 15) is 0 Å². The Labute approximate surface area is 106 Å². The summed E-state index contributed by atoms with van der Waals surface area (Å²) in [5.41, 5.74) is 0.611. The van der Waals surface area contributed by atoms with Crippen LogP contribution in [-0.2, 0) is 4.74 Å². The van der Waals surface area contributed by atoms with E-state index in [1.54, 1.807) is 0 Å². The van der Waals surface area contributed by atoms with E-state index >= 15 is 0 Å². The van der Waals surface area contributed by atoms with E-state index in [2.05, 4.69) is 13.8 Å². The molecule has 0 aromatic rings. The molecule has 0 amide bonds. The summed E-state index contributed by atoms with van der Waals surface area (Å²) in [4.78, 5) is 0. The topological polar surface area (TPSA) is 29.5 Å². The highest BCUT2D eigenvalue weighted by molar-refractivity contribution is 5.03. The Morgan fingerprint density at radius 2 is 2.00 bits per heavy atom. The Kier molecular flexibility index (Phi) is 4.48. The summed E-state index contributed by atoms with van der Waals surface area (Å²) in [7, 11) is 0. The van der Waals surface area contributed by atoms with Crippen LogP contribution in [0.25, 0.3) is 0 Å². The molecule has 1 N–H and O–H groups in total. The molecule has 3 fully saturated rings. The Morgan fingerprint density at radius 1 is 1.18 bits per heavy atom. The largest absolute Gasteiger partial charge is 0.396 e. The van der Waals surface area contributed by atoms with Crippen LogP contribution >= 0.6 is 0 Å². The molecule has 0 radical (unpaired) electrons. The van der Waals surface area contributed by atoms with Gasteiger partial charge >= 0.3 is 0 Å². The maximum Gasteiger partial charge on any atom is 0.0468 e. The van der Waals surface area contributed by atoms with Crippen LogP contribution in [0.2, 0.25) is 0 Å². The fourth-order valence-electron chi connectivity index (χ4n) is 3.96. The lowest BCUT2D eigenvalue weighted by Gasteiger charge is -2.60. The molecule has 2 bridgehead atoms. The van der Waals surface area contributed by atoms with Crippen LogP contribution in [0.4, 0.5) is 0 Å². The number of aliphatic hydroxyl groups excluding tert-OH is 1. The molecule has 0 aromatic heterocycles. The summed E-state index contributed by atoms with van der Waals surface area (Å²) < 4.78 is 5.66. The maximum atomic E-state index is 8.67. The summed E-state index contributed by atoms with van der Waals surface area (Å²) in [5.74, 6) is 2.88. The summed E-state index contributed by atoms with van der Waals surface area (Å²) in [6.07, 6.45) is 7.47. The minimum atomic E-state index is 0.295. The predicted molar refractivity (Wildman–Crippen MR) is 69.9 cm³/mol. The van der Waals surface area contributed by atoms with Gasteiger partial charge in [-0.1, -0.05) is 13.8 Å². The molecule has 2 heteroatoms. The molecule has 0 spiro atoms. The second-order valence-corrected chi connectivity index (χ2v) is 6.53. The van der Waals surface area contributed by atoms with Crippen molar-refractivity contribution in [2.75, 3.05) is 19.8 Å². The smallest absolute Gasteiger partial charge is 0.0468 e. The first-order valence-corrected chi connectivity index (χ1v) is 7.35. The van der Waals surface area contributed by atoms with Crippen LogP contribution < -0.4 is 0 Å². The zero-order chi connectivity index (χ0) is 12.3. The van der Waals surface area contributed by atoms with Crippen LogP contribution in [0.1, 0.15) is 52.4 Å². The lowest BCUT2D eigenvalue weighted by atomic mass is 9.45. The molecule has 17 heavy (non-hydrogen) atoms. The molecule has 0 heterocycles. The van der Waals surface area contributed by atoms with Crippen LogP contribution in [0.5, 0.6) is 0 Å². The lowest BCUT2D eigenvalue weighted by molar-refractivity contribution is -0.111. The van der Waals surface area contributed by atoms with Crippen LogP contribution in [0.3, 0.4) is 0 Å². The third kappa shape index (κ3) is 2.85. The third-order valence-electron chi connectivity index (χ3n) is 5.33. The van der Waals surface area contributed by atoms with E-state index < -0.39 is 0 Å². The molecule has 0 aromatic carbocycles. The Balaban J connectivity index is 1.60. The summed E-state index contributed by atoms with van der Waals surface area (Å²) in [6, 6.07) is 0. The summed E-state index contributed by atoms with van der Waals surface area (Å²) >= 11 is 0. The average molecular weight is 240 g/mol. The number of hydrogen-bond donors (Lipinski definition) is 1. The Hall–Kier alpha value is -0.0800. The van der Waals surface area contributed by atoms with Crippen molar-refractivity contribution in [2.45, 2.75) is 52.4 Å². The Morgan fingerprint density at radius 3 is 2.65 bits per heavy atom. The first-order valence-electron chi connectivity index (χ1n) is 7.35. The van der Waals surface area contributed by atoms with Gasteiger partial charge in [-0.15, -0.1) is 0 Å². The van der Waals surface area contributed by atoms with Crippen molar-refractivity contribution in [3.8, 4) is 0 Å². The maximum absolute atomic E-state index is 8.67. The molecule has 3 saturated carbocycles. The molecule has 0 saturated heterocycles. The second kappa shape index (κ2) is 5.71. The van der Waals surface area contributed by atoms with E-state index in [1.165, 1.54) is 25.7 Å². The molecular formula is C15H28O2. The van der Waals surface area contributed by atoms with Gasteiger partial charge in [0.1, 0.15) is 0 Å². The molecule has 0 unspecified atom stereocenters. The molecule has 3 rings (SSSR count). The van der Waals surface area contributed by atoms with E-state index in [4.69, 9.17) is 9.84 Å². The molecule has 3 aliphatic carbocycles. The van der Waals surface area contributed by atoms with Gasteiger partial charge in [-0.2, -0.15) is 0 Å². The van der Waals surface area contributed by atoms with Gasteiger partial charge in [-0.25, -0.2) is 0 Å². The van der Waals surface area contributed by atoms with Gasteiger partial charge in [0.2, 0.25) is 0 Å². The molecule has 100 valence electrons. The molecule has 3 aliphatic rings. The fourth-order valence-corrected chi connectivity index (χ4v) is 3.96. The van der Waals surface area contributed by atoms with Crippen molar-refractivity contribution < 1.29 is 9.84 Å². The van der Waals surface area contributed by atoms with Crippen molar-refractivity contribution in [3.05, 3.63) is 0 Å². The highest BCUT2D eigenvalue weighted by Crippen LogP contribution is 2.61. The van der Waals surface area contributed by atoms with E-state index in [-0.39, 0.29) is 0 Å². The van der Waals surface area contributed by atoms with E-state index in [0.717, 1.165) is 43.8 Å². The van der Waals surface area contributed by atoms with Crippen molar-refractivity contribution in [3.63, 3.8) is 0 Å². The van der Waals surface area contributed by atoms with Gasteiger partial charge in [-0.3, -0.25) is 0 Å². The third-order valence-corrected chi connectivity index (χ3v) is 5.33. The van der Waals surface area contributed by atoms with Crippen LogP contribution in [0.15, 0.2) is 0 Å². The second-order valence-electron chi connectivity index (χ2n) is 6.53. The quantitative estimate of drug-likeness (QED) is 0.692. The van der Waals surface area contributed by atoms with Crippen LogP contribution in [0, 0.1) is 23.2 Å². The number of fused-ring (bicyclic) bond motifs is 2. The fraction of sp³-hybridized carbons (Fsp3) is 1.00. The van der Waals surface area contributed by atoms with E-state index in [0.29, 0.717) is 12.0 Å². The summed E-state index contributed by atoms with van der Waals surface area (Å²) in [6.45, 7) is 6.96. The molecule has 3 atom stereocenters. The predicted octanol–water partition coefficient (Wildman–Crippen LogP) is 3.24. The van der Waals surface area contributed by atoms with Crippen molar-refractivity contribution in [1.82, 2.24) is 0 Å². The SMILES string of the molecule is CC1(C)[C@H]2CC[C@@H](CCOCCCCO)[C@@H]1C2. The molecule has 0 aliphatic heterocycles. The van der Waals surface area contributed by atoms with Crippen molar-refractivity contribution >= 4 is 0 Å². The molecular weight excluding hydrogens is 212 g/mol. The normalized spacial score (nSPS) is 34.4. The van der Waals surface area contributed by atoms with E-state index in [1.807, 2.05) is 0 Å². The highest BCUT2D eigenvalue weighted by atomic mass is 16.5. The zero-order valence-electron chi connectivity index (χ0n) is 11.5. The number of aliphatic hydroxyl groups is 1. The zero-order valence-corrected chi connectivity index (χ0v) is 11.5. The first-order chi connectivity index (χ1) is 8.16. The van der Waals surface area contributed by atoms with Gasteiger partial charge in [0.15, 0.2) is 0 Å². The number of unbranched alkanes of at least 4 members (excludes halogenated alkanes) is 1. The number of rotatable bonds is 7. The standard InChI is InChI=1S/C15H28O2/c1-15(2)13-6-5-12(14(15)11-13)7-10-17-9-4-3-8-16/h12-14,16H,3-11H2,1-2H3/t12-,13-,14-/m0/s1. The van der Waals surface area contributed by atoms with Crippen LogP contribution in [-0.4, -0.2) is 24.9 Å². The monoisotopic (exact) mass is 240 g/mol. The van der Waals surface area contributed by atoms with Crippen molar-refractivity contribution in [1.29, 1.82) is 0 Å². The average Bonchev–Trinajstić information content (AvgIpc) is 2.33. The van der Waals surface area contributed by atoms with Gasteiger partial charge in [0, 0.05) is 19.8 Å². The minimum Gasteiger partial charge on any atom is -0.396 e. The number of ether oxygens (including phenoxy) is 1. The molecule has 2 nitrogen and oxygen atoms in total. The highest BCUT2D eigenvalue weighted by Gasteiger charge is 2.53.